The number of benzene rings is 4. The molecule has 160 valence electrons. The van der Waals surface area contributed by atoms with Gasteiger partial charge in [-0.05, 0) is 36.8 Å². The van der Waals surface area contributed by atoms with Gasteiger partial charge in [0.2, 0.25) is 5.72 Å². The SMILES string of the molecule is CC1=C(C#Cc2ccccc2)c2ccccc2O[C@@]1(NCc1ccccc1)c1ccccc1. The molecular weight excluding hydrogens is 402 g/mol. The summed E-state index contributed by atoms with van der Waals surface area (Å²) in [6.45, 7) is 2.78. The van der Waals surface area contributed by atoms with E-state index in [1.165, 1.54) is 5.56 Å². The van der Waals surface area contributed by atoms with E-state index < -0.39 is 5.72 Å². The number of para-hydroxylation sites is 1. The fourth-order valence-electron chi connectivity index (χ4n) is 4.24. The fraction of sp³-hybridized carbons (Fsp3) is 0.0968. The molecule has 0 unspecified atom stereocenters. The van der Waals surface area contributed by atoms with Gasteiger partial charge in [0, 0.05) is 34.4 Å². The van der Waals surface area contributed by atoms with E-state index in [4.69, 9.17) is 4.74 Å². The topological polar surface area (TPSA) is 21.3 Å². The van der Waals surface area contributed by atoms with Crippen molar-refractivity contribution in [2.24, 2.45) is 0 Å². The van der Waals surface area contributed by atoms with Crippen LogP contribution in [0.4, 0.5) is 0 Å². The molecule has 0 amide bonds. The van der Waals surface area contributed by atoms with E-state index in [0.29, 0.717) is 6.54 Å². The average Bonchev–Trinajstić information content (AvgIpc) is 2.89. The van der Waals surface area contributed by atoms with Gasteiger partial charge in [-0.25, -0.2) is 0 Å². The summed E-state index contributed by atoms with van der Waals surface area (Å²) in [7, 11) is 0. The molecular formula is C31H25NO. The van der Waals surface area contributed by atoms with E-state index in [2.05, 4.69) is 66.5 Å². The van der Waals surface area contributed by atoms with E-state index in [-0.39, 0.29) is 0 Å². The van der Waals surface area contributed by atoms with Gasteiger partial charge in [-0.3, -0.25) is 5.32 Å². The molecule has 0 saturated carbocycles. The predicted molar refractivity (Wildman–Crippen MR) is 134 cm³/mol. The van der Waals surface area contributed by atoms with Crippen LogP contribution in [0, 0.1) is 11.8 Å². The first-order valence-corrected chi connectivity index (χ1v) is 11.2. The monoisotopic (exact) mass is 427 g/mol. The van der Waals surface area contributed by atoms with Gasteiger partial charge in [-0.15, -0.1) is 0 Å². The highest BCUT2D eigenvalue weighted by molar-refractivity contribution is 5.87. The zero-order valence-corrected chi connectivity index (χ0v) is 18.6. The van der Waals surface area contributed by atoms with Crippen molar-refractivity contribution in [3.05, 3.63) is 143 Å². The molecule has 0 spiro atoms. The smallest absolute Gasteiger partial charge is 0.211 e. The Hall–Kier alpha value is -4.06. The molecule has 0 saturated heterocycles. The molecule has 0 aromatic heterocycles. The largest absolute Gasteiger partial charge is 0.464 e. The van der Waals surface area contributed by atoms with Crippen LogP contribution in [0.15, 0.2) is 121 Å². The second-order valence-corrected chi connectivity index (χ2v) is 8.10. The fourth-order valence-corrected chi connectivity index (χ4v) is 4.24. The van der Waals surface area contributed by atoms with Crippen LogP contribution in [-0.2, 0) is 12.3 Å². The maximum Gasteiger partial charge on any atom is 0.211 e. The van der Waals surface area contributed by atoms with Crippen LogP contribution in [0.1, 0.15) is 29.2 Å². The average molecular weight is 428 g/mol. The normalized spacial score (nSPS) is 16.9. The predicted octanol–water partition coefficient (Wildman–Crippen LogP) is 6.55. The lowest BCUT2D eigenvalue weighted by Gasteiger charge is -2.41. The molecule has 0 fully saturated rings. The number of fused-ring (bicyclic) bond motifs is 1. The Bertz CT molecular complexity index is 1330. The lowest BCUT2D eigenvalue weighted by molar-refractivity contribution is 0.0618. The molecule has 33 heavy (non-hydrogen) atoms. The van der Waals surface area contributed by atoms with Gasteiger partial charge in [0.25, 0.3) is 0 Å². The molecule has 0 bridgehead atoms. The third-order valence-corrected chi connectivity index (χ3v) is 5.99. The first-order chi connectivity index (χ1) is 16.3. The van der Waals surface area contributed by atoms with Gasteiger partial charge < -0.3 is 4.74 Å². The summed E-state index contributed by atoms with van der Waals surface area (Å²) in [5.74, 6) is 7.66. The van der Waals surface area contributed by atoms with Gasteiger partial charge in [0.1, 0.15) is 5.75 Å². The van der Waals surface area contributed by atoms with Crippen molar-refractivity contribution >= 4 is 5.57 Å². The summed E-state index contributed by atoms with van der Waals surface area (Å²) in [5, 5.41) is 3.74. The Balaban J connectivity index is 1.67. The Morgan fingerprint density at radius 1 is 0.697 bits per heavy atom. The van der Waals surface area contributed by atoms with Crippen molar-refractivity contribution in [2.75, 3.05) is 0 Å². The van der Waals surface area contributed by atoms with Crippen molar-refractivity contribution in [1.82, 2.24) is 5.32 Å². The van der Waals surface area contributed by atoms with E-state index in [0.717, 1.165) is 33.6 Å². The van der Waals surface area contributed by atoms with Gasteiger partial charge in [0.05, 0.1) is 0 Å². The summed E-state index contributed by atoms with van der Waals surface area (Å²) in [4.78, 5) is 0. The molecule has 0 aliphatic carbocycles. The molecule has 2 heteroatoms. The number of nitrogens with one attached hydrogen (secondary N) is 1. The van der Waals surface area contributed by atoms with Gasteiger partial charge >= 0.3 is 0 Å². The van der Waals surface area contributed by atoms with Crippen LogP contribution in [0.2, 0.25) is 0 Å². The lowest BCUT2D eigenvalue weighted by Crippen LogP contribution is -2.50. The molecule has 5 rings (SSSR count). The van der Waals surface area contributed by atoms with Crippen LogP contribution < -0.4 is 10.1 Å². The number of rotatable bonds is 4. The first-order valence-electron chi connectivity index (χ1n) is 11.2. The maximum absolute atomic E-state index is 6.79. The number of hydrogen-bond acceptors (Lipinski definition) is 2. The first kappa shape index (κ1) is 20.8. The summed E-state index contributed by atoms with van der Waals surface area (Å²) >= 11 is 0. The van der Waals surface area contributed by atoms with Crippen LogP contribution in [0.25, 0.3) is 5.57 Å². The summed E-state index contributed by atoms with van der Waals surface area (Å²) in [6.07, 6.45) is 0. The zero-order chi connectivity index (χ0) is 22.5. The van der Waals surface area contributed by atoms with E-state index in [1.54, 1.807) is 0 Å². The van der Waals surface area contributed by atoms with Crippen molar-refractivity contribution in [1.29, 1.82) is 0 Å². The Morgan fingerprint density at radius 3 is 2.03 bits per heavy atom. The van der Waals surface area contributed by atoms with Gasteiger partial charge in [0.15, 0.2) is 0 Å². The third-order valence-electron chi connectivity index (χ3n) is 5.99. The minimum Gasteiger partial charge on any atom is -0.464 e. The van der Waals surface area contributed by atoms with Crippen molar-refractivity contribution < 1.29 is 4.74 Å². The molecule has 4 aromatic rings. The van der Waals surface area contributed by atoms with Gasteiger partial charge in [-0.2, -0.15) is 0 Å². The lowest BCUT2D eigenvalue weighted by atomic mass is 9.85. The quantitative estimate of drug-likeness (QED) is 0.373. The highest BCUT2D eigenvalue weighted by atomic mass is 16.5. The molecule has 4 aromatic carbocycles. The Morgan fingerprint density at radius 2 is 1.30 bits per heavy atom. The van der Waals surface area contributed by atoms with Crippen LogP contribution >= 0.6 is 0 Å². The molecule has 1 atom stereocenters. The number of ether oxygens (including phenoxy) is 1. The molecule has 0 radical (unpaired) electrons. The molecule has 1 N–H and O–H groups in total. The van der Waals surface area contributed by atoms with Crippen molar-refractivity contribution in [3.63, 3.8) is 0 Å². The highest BCUT2D eigenvalue weighted by Gasteiger charge is 2.41. The minimum absolute atomic E-state index is 0.661. The van der Waals surface area contributed by atoms with Crippen LogP contribution in [0.3, 0.4) is 0 Å². The van der Waals surface area contributed by atoms with Crippen molar-refractivity contribution in [3.8, 4) is 17.6 Å². The van der Waals surface area contributed by atoms with Gasteiger partial charge in [-0.1, -0.05) is 103 Å². The number of allylic oxidation sites excluding steroid dienone is 1. The van der Waals surface area contributed by atoms with E-state index in [1.807, 2.05) is 72.8 Å². The second kappa shape index (κ2) is 9.20. The van der Waals surface area contributed by atoms with Crippen LogP contribution in [0.5, 0.6) is 5.75 Å². The summed E-state index contributed by atoms with van der Waals surface area (Å²) in [6, 6.07) is 39.0. The Labute approximate surface area is 195 Å². The molecule has 1 heterocycles. The standard InChI is InChI=1S/C31H25NO/c1-24-28(22-21-25-13-5-2-6-14-25)29-19-11-12-20-30(29)33-31(24,27-17-9-4-10-18-27)32-23-26-15-7-3-8-16-26/h2-20,32H,23H2,1H3/t31-/m1/s1. The third kappa shape index (κ3) is 4.20. The van der Waals surface area contributed by atoms with E-state index in [9.17, 15) is 0 Å². The Kier molecular flexibility index (Phi) is 5.81. The van der Waals surface area contributed by atoms with Crippen molar-refractivity contribution in [2.45, 2.75) is 19.2 Å². The molecule has 1 aliphatic rings. The highest BCUT2D eigenvalue weighted by Crippen LogP contribution is 2.44. The van der Waals surface area contributed by atoms with Crippen LogP contribution in [-0.4, -0.2) is 0 Å². The minimum atomic E-state index is -0.827. The second-order valence-electron chi connectivity index (χ2n) is 8.10. The number of hydrogen-bond donors (Lipinski definition) is 1. The maximum atomic E-state index is 6.79. The van der Waals surface area contributed by atoms with E-state index >= 15 is 0 Å². The summed E-state index contributed by atoms with van der Waals surface area (Å²) in [5.41, 5.74) is 5.46. The summed E-state index contributed by atoms with van der Waals surface area (Å²) < 4.78 is 6.79. The zero-order valence-electron chi connectivity index (χ0n) is 18.6. The molecule has 2 nitrogen and oxygen atoms in total. The molecule has 1 aliphatic heterocycles.